The van der Waals surface area contributed by atoms with Crippen LogP contribution in [0.15, 0.2) is 4.99 Å². The van der Waals surface area contributed by atoms with Gasteiger partial charge in [0.2, 0.25) is 47.3 Å². The number of nitrogens with zero attached hydrogens (tertiary/aromatic N) is 1. The van der Waals surface area contributed by atoms with Gasteiger partial charge in [0.25, 0.3) is 0 Å². The molecule has 13 N–H and O–H groups in total. The van der Waals surface area contributed by atoms with Crippen molar-refractivity contribution in [3.05, 3.63) is 0 Å². The lowest BCUT2D eigenvalue weighted by Gasteiger charge is -2.26. The van der Waals surface area contributed by atoms with Crippen LogP contribution >= 0.6 is 11.8 Å². The Balaban J connectivity index is 3.28. The van der Waals surface area contributed by atoms with Gasteiger partial charge in [0.05, 0.1) is 6.42 Å². The summed E-state index contributed by atoms with van der Waals surface area (Å²) in [5, 5.41) is 17.8. The third-order valence-corrected chi connectivity index (χ3v) is 7.96. The Morgan fingerprint density at radius 2 is 1.55 bits per heavy atom. The molecule has 0 aromatic rings. The number of amides is 8. The van der Waals surface area contributed by atoms with Crippen LogP contribution in [0.1, 0.15) is 65.7 Å². The molecule has 0 spiro atoms. The van der Waals surface area contributed by atoms with Gasteiger partial charge in [0.1, 0.15) is 36.3 Å². The minimum Gasteiger partial charge on any atom is -0.370 e. The fraction of sp³-hybridized carbons (Fsp3) is 0.690. The molecule has 0 aromatic carbocycles. The molecule has 276 valence electrons. The molecule has 1 saturated heterocycles. The maximum atomic E-state index is 13.4. The number of hydrogen-bond donors (Lipinski definition) is 10. The van der Waals surface area contributed by atoms with Crippen LogP contribution in [0.2, 0.25) is 0 Å². The SMILES string of the molecule is CSCC[C@@H]1NC(=O)[C@H](C)NC(=O)[C@@H](NC(=O)[C@H](CCCN=C(N)N)NC(C)=O)CCCCNC(=O)C[C@@H](C(N)=O)NC(=O)[C@H](C)NC1=O. The second kappa shape index (κ2) is 22.1. The van der Waals surface area contributed by atoms with E-state index in [4.69, 9.17) is 17.2 Å². The first-order valence-electron chi connectivity index (χ1n) is 15.9. The molecule has 6 atom stereocenters. The van der Waals surface area contributed by atoms with E-state index in [0.717, 1.165) is 0 Å². The highest BCUT2D eigenvalue weighted by atomic mass is 32.2. The maximum Gasteiger partial charge on any atom is 0.243 e. The zero-order valence-corrected chi connectivity index (χ0v) is 29.2. The van der Waals surface area contributed by atoms with Gasteiger partial charge in [-0.3, -0.25) is 43.3 Å². The van der Waals surface area contributed by atoms with E-state index < -0.39 is 89.9 Å². The molecule has 0 aliphatic carbocycles. The maximum absolute atomic E-state index is 13.4. The first-order chi connectivity index (χ1) is 23.0. The summed E-state index contributed by atoms with van der Waals surface area (Å²) in [5.41, 5.74) is 16.1. The summed E-state index contributed by atoms with van der Waals surface area (Å²) < 4.78 is 0. The molecular formula is C29H51N11O8S. The topological polar surface area (TPSA) is 311 Å². The number of primary amides is 1. The highest BCUT2D eigenvalue weighted by Crippen LogP contribution is 2.07. The first-order valence-corrected chi connectivity index (χ1v) is 17.3. The van der Waals surface area contributed by atoms with E-state index in [1.165, 1.54) is 32.5 Å². The lowest BCUT2D eigenvalue weighted by atomic mass is 10.1. The molecule has 0 bridgehead atoms. The van der Waals surface area contributed by atoms with E-state index in [1.807, 2.05) is 0 Å². The molecule has 0 saturated carbocycles. The zero-order valence-electron chi connectivity index (χ0n) is 28.4. The molecule has 1 fully saturated rings. The van der Waals surface area contributed by atoms with Crippen molar-refractivity contribution >= 4 is 65.0 Å². The van der Waals surface area contributed by atoms with E-state index >= 15 is 0 Å². The average Bonchev–Trinajstić information content (AvgIpc) is 3.01. The highest BCUT2D eigenvalue weighted by molar-refractivity contribution is 7.98. The molecule has 1 aliphatic rings. The lowest BCUT2D eigenvalue weighted by molar-refractivity contribution is -0.135. The number of carbonyl (C=O) groups is 8. The predicted octanol–water partition coefficient (Wildman–Crippen LogP) is -4.06. The van der Waals surface area contributed by atoms with Crippen molar-refractivity contribution in [2.24, 2.45) is 22.2 Å². The molecule has 19 nitrogen and oxygen atoms in total. The van der Waals surface area contributed by atoms with Gasteiger partial charge >= 0.3 is 0 Å². The first kappa shape index (κ1) is 42.4. The molecule has 0 unspecified atom stereocenters. The van der Waals surface area contributed by atoms with E-state index in [2.05, 4.69) is 42.2 Å². The van der Waals surface area contributed by atoms with Gasteiger partial charge in [0, 0.05) is 20.0 Å². The molecule has 1 heterocycles. The summed E-state index contributed by atoms with van der Waals surface area (Å²) in [7, 11) is 0. The second-order valence-electron chi connectivity index (χ2n) is 11.6. The smallest absolute Gasteiger partial charge is 0.243 e. The lowest BCUT2D eigenvalue weighted by Crippen LogP contribution is -2.59. The molecule has 20 heteroatoms. The number of aliphatic imine (C=N–C) groups is 1. The molecule has 1 rings (SSSR count). The molecule has 0 radical (unpaired) electrons. The van der Waals surface area contributed by atoms with Gasteiger partial charge in [0.15, 0.2) is 5.96 Å². The molecule has 0 aromatic heterocycles. The Bertz CT molecular complexity index is 1230. The van der Waals surface area contributed by atoms with E-state index in [-0.39, 0.29) is 38.3 Å². The number of guanidine groups is 1. The van der Waals surface area contributed by atoms with Crippen LogP contribution in [-0.2, 0) is 38.4 Å². The van der Waals surface area contributed by atoms with Crippen molar-refractivity contribution < 1.29 is 38.4 Å². The second-order valence-corrected chi connectivity index (χ2v) is 12.6. The van der Waals surface area contributed by atoms with Gasteiger partial charge in [-0.15, -0.1) is 0 Å². The standard InChI is InChI=1S/C29H51N11O8S/c1-15-24(44)38-20(10-13-49-4)27(47)36-16(2)25(45)40-21(23(30)43)14-22(42)33-11-6-5-8-19(26(46)35-15)39-28(48)18(37-17(3)41)9-7-12-34-29(31)32/h15-16,18-21H,5-14H2,1-4H3,(H2,30,43)(H,33,42)(H,35,46)(H,36,47)(H,37,41)(H,38,44)(H,39,48)(H,40,45)(H4,31,32,34)/t15-,16-,18-,19-,20-,21-/m0/s1. The molecule has 1 aliphatic heterocycles. The molecule has 8 amide bonds. The number of thioether (sulfide) groups is 1. The number of rotatable bonds is 11. The monoisotopic (exact) mass is 713 g/mol. The van der Waals surface area contributed by atoms with Gasteiger partial charge in [-0.25, -0.2) is 0 Å². The highest BCUT2D eigenvalue weighted by Gasteiger charge is 2.31. The number of carbonyl (C=O) groups excluding carboxylic acids is 8. The van der Waals surface area contributed by atoms with Crippen molar-refractivity contribution in [3.8, 4) is 0 Å². The van der Waals surface area contributed by atoms with Crippen LogP contribution < -0.4 is 54.4 Å². The number of hydrogen-bond acceptors (Lipinski definition) is 10. The van der Waals surface area contributed by atoms with Crippen LogP contribution in [0.25, 0.3) is 0 Å². The summed E-state index contributed by atoms with van der Waals surface area (Å²) in [6.07, 6.45) is 2.78. The predicted molar refractivity (Wildman–Crippen MR) is 182 cm³/mol. The van der Waals surface area contributed by atoms with Crippen molar-refractivity contribution in [1.82, 2.24) is 37.2 Å². The van der Waals surface area contributed by atoms with Crippen LogP contribution in [0.5, 0.6) is 0 Å². The Morgan fingerprint density at radius 3 is 2.14 bits per heavy atom. The largest absolute Gasteiger partial charge is 0.370 e. The summed E-state index contributed by atoms with van der Waals surface area (Å²) in [5.74, 6) is -5.17. The number of nitrogens with one attached hydrogen (secondary N) is 7. The van der Waals surface area contributed by atoms with Gasteiger partial charge < -0.3 is 54.4 Å². The van der Waals surface area contributed by atoms with Crippen LogP contribution in [0, 0.1) is 0 Å². The van der Waals surface area contributed by atoms with Crippen LogP contribution in [0.4, 0.5) is 0 Å². The fourth-order valence-corrected chi connectivity index (χ4v) is 5.07. The van der Waals surface area contributed by atoms with Crippen LogP contribution in [0.3, 0.4) is 0 Å². The minimum atomic E-state index is -1.36. The average molecular weight is 714 g/mol. The Labute approximate surface area is 289 Å². The van der Waals surface area contributed by atoms with Crippen molar-refractivity contribution in [2.75, 3.05) is 25.1 Å². The van der Waals surface area contributed by atoms with Gasteiger partial charge in [-0.05, 0) is 64.4 Å². The van der Waals surface area contributed by atoms with Gasteiger partial charge in [-0.1, -0.05) is 0 Å². The minimum absolute atomic E-state index is 0.0825. The van der Waals surface area contributed by atoms with Crippen molar-refractivity contribution in [3.63, 3.8) is 0 Å². The summed E-state index contributed by atoms with van der Waals surface area (Å²) in [6.45, 7) is 4.34. The van der Waals surface area contributed by atoms with E-state index in [9.17, 15) is 38.4 Å². The van der Waals surface area contributed by atoms with E-state index in [1.54, 1.807) is 6.26 Å². The Kier molecular flexibility index (Phi) is 19.1. The van der Waals surface area contributed by atoms with Crippen molar-refractivity contribution in [1.29, 1.82) is 0 Å². The number of nitrogens with two attached hydrogens (primary N) is 3. The summed E-state index contributed by atoms with van der Waals surface area (Å²) in [4.78, 5) is 106. The quantitative estimate of drug-likeness (QED) is 0.0558. The van der Waals surface area contributed by atoms with E-state index in [0.29, 0.717) is 25.0 Å². The summed E-state index contributed by atoms with van der Waals surface area (Å²) >= 11 is 1.42. The third-order valence-electron chi connectivity index (χ3n) is 7.31. The van der Waals surface area contributed by atoms with Gasteiger partial charge in [-0.2, -0.15) is 11.8 Å². The molecule has 49 heavy (non-hydrogen) atoms. The normalized spacial score (nSPS) is 24.0. The zero-order chi connectivity index (χ0) is 37.1. The van der Waals surface area contributed by atoms with Crippen molar-refractivity contribution in [2.45, 2.75) is 102 Å². The fourth-order valence-electron chi connectivity index (χ4n) is 4.60. The molecular weight excluding hydrogens is 662 g/mol. The summed E-state index contributed by atoms with van der Waals surface area (Å²) in [6, 6.07) is -6.92. The third kappa shape index (κ3) is 16.9. The Morgan fingerprint density at radius 1 is 0.918 bits per heavy atom. The Hall–Kier alpha value is -4.62. The van der Waals surface area contributed by atoms with Crippen LogP contribution in [-0.4, -0.2) is 115 Å².